The first kappa shape index (κ1) is 20.5. The van der Waals surface area contributed by atoms with Crippen LogP contribution in [0.1, 0.15) is 28.9 Å². The molecule has 0 bridgehead atoms. The van der Waals surface area contributed by atoms with Gasteiger partial charge in [-0.1, -0.05) is 48.5 Å². The van der Waals surface area contributed by atoms with E-state index in [0.29, 0.717) is 5.52 Å². The second-order valence-corrected chi connectivity index (χ2v) is 8.59. The number of nitrogens with zero attached hydrogens (tertiary/aromatic N) is 2. The summed E-state index contributed by atoms with van der Waals surface area (Å²) >= 11 is 0. The van der Waals surface area contributed by atoms with E-state index in [1.807, 2.05) is 37.3 Å². The highest BCUT2D eigenvalue weighted by Gasteiger charge is 2.22. The molecule has 3 aromatic carbocycles. The van der Waals surface area contributed by atoms with E-state index in [4.69, 9.17) is 0 Å². The van der Waals surface area contributed by atoms with Crippen LogP contribution in [0.3, 0.4) is 0 Å². The molecule has 0 aliphatic carbocycles. The minimum atomic E-state index is -4.01. The number of hydrogen-bond acceptors (Lipinski definition) is 5. The van der Waals surface area contributed by atoms with Crippen molar-refractivity contribution in [3.05, 3.63) is 96.3 Å². The largest absolute Gasteiger partial charge is 0.345 e. The van der Waals surface area contributed by atoms with Crippen LogP contribution in [0, 0.1) is 0 Å². The number of nitrogens with one attached hydrogen (secondary N) is 2. The van der Waals surface area contributed by atoms with E-state index in [1.54, 1.807) is 36.4 Å². The third-order valence-corrected chi connectivity index (χ3v) is 6.21. The van der Waals surface area contributed by atoms with Crippen molar-refractivity contribution in [2.45, 2.75) is 17.9 Å². The fourth-order valence-electron chi connectivity index (χ4n) is 3.25. The van der Waals surface area contributed by atoms with E-state index in [1.165, 1.54) is 18.5 Å². The lowest BCUT2D eigenvalue weighted by atomic mass is 10.1. The SMILES string of the molecule is CC(NC(=O)c1ccccc1NS(=O)(=O)c1cccc2nccnc12)c1ccccc1. The number of para-hydroxylation sites is 2. The minimum absolute atomic E-state index is 0.00837. The Labute approximate surface area is 180 Å². The molecule has 1 amide bonds. The molecule has 1 atom stereocenters. The summed E-state index contributed by atoms with van der Waals surface area (Å²) in [5.74, 6) is -0.382. The summed E-state index contributed by atoms with van der Waals surface area (Å²) in [7, 11) is -4.01. The van der Waals surface area contributed by atoms with Crippen molar-refractivity contribution in [1.82, 2.24) is 15.3 Å². The van der Waals surface area contributed by atoms with Gasteiger partial charge in [0.25, 0.3) is 15.9 Å². The number of anilines is 1. The molecular formula is C23H20N4O3S. The van der Waals surface area contributed by atoms with Crippen molar-refractivity contribution in [2.75, 3.05) is 4.72 Å². The van der Waals surface area contributed by atoms with Gasteiger partial charge in [0.2, 0.25) is 0 Å². The van der Waals surface area contributed by atoms with Gasteiger partial charge in [-0.3, -0.25) is 19.5 Å². The van der Waals surface area contributed by atoms with E-state index in [0.717, 1.165) is 5.56 Å². The summed E-state index contributed by atoms with van der Waals surface area (Å²) in [5, 5.41) is 2.91. The van der Waals surface area contributed by atoms with Crippen LogP contribution in [0.15, 0.2) is 90.1 Å². The molecule has 1 unspecified atom stereocenters. The summed E-state index contributed by atoms with van der Waals surface area (Å²) in [6, 6.07) is 20.5. The molecule has 0 radical (unpaired) electrons. The minimum Gasteiger partial charge on any atom is -0.345 e. The normalized spacial score (nSPS) is 12.3. The van der Waals surface area contributed by atoms with Crippen molar-refractivity contribution < 1.29 is 13.2 Å². The summed E-state index contributed by atoms with van der Waals surface area (Å²) in [4.78, 5) is 21.2. The summed E-state index contributed by atoms with van der Waals surface area (Å²) in [6.07, 6.45) is 2.94. The number of rotatable bonds is 6. The molecule has 1 heterocycles. The van der Waals surface area contributed by atoms with Gasteiger partial charge in [-0.25, -0.2) is 8.42 Å². The molecule has 2 N–H and O–H groups in total. The average Bonchev–Trinajstić information content (AvgIpc) is 2.79. The zero-order chi connectivity index (χ0) is 21.8. The second-order valence-electron chi connectivity index (χ2n) is 6.94. The lowest BCUT2D eigenvalue weighted by Gasteiger charge is -2.17. The molecule has 0 aliphatic heterocycles. The van der Waals surface area contributed by atoms with Gasteiger partial charge in [0.15, 0.2) is 0 Å². The maximum Gasteiger partial charge on any atom is 0.264 e. The Morgan fingerprint density at radius 1 is 0.871 bits per heavy atom. The molecule has 8 heteroatoms. The van der Waals surface area contributed by atoms with Gasteiger partial charge in [-0.05, 0) is 36.8 Å². The van der Waals surface area contributed by atoms with Crippen LogP contribution < -0.4 is 10.0 Å². The number of aromatic nitrogens is 2. The van der Waals surface area contributed by atoms with Gasteiger partial charge >= 0.3 is 0 Å². The van der Waals surface area contributed by atoms with Gasteiger partial charge in [-0.2, -0.15) is 0 Å². The van der Waals surface area contributed by atoms with Crippen molar-refractivity contribution in [3.63, 3.8) is 0 Å². The van der Waals surface area contributed by atoms with Gasteiger partial charge in [0, 0.05) is 12.4 Å². The molecule has 7 nitrogen and oxygen atoms in total. The first-order valence-corrected chi connectivity index (χ1v) is 11.1. The molecule has 4 rings (SSSR count). The third-order valence-electron chi connectivity index (χ3n) is 4.81. The molecule has 156 valence electrons. The maximum atomic E-state index is 13.1. The van der Waals surface area contributed by atoms with Crippen molar-refractivity contribution in [1.29, 1.82) is 0 Å². The van der Waals surface area contributed by atoms with Crippen LogP contribution in [0.25, 0.3) is 11.0 Å². The Kier molecular flexibility index (Phi) is 5.64. The highest BCUT2D eigenvalue weighted by Crippen LogP contribution is 2.24. The van der Waals surface area contributed by atoms with Gasteiger partial charge in [0.1, 0.15) is 10.4 Å². The number of carbonyl (C=O) groups is 1. The Morgan fingerprint density at radius 3 is 2.39 bits per heavy atom. The Bertz CT molecular complexity index is 1340. The smallest absolute Gasteiger partial charge is 0.264 e. The van der Waals surface area contributed by atoms with Crippen LogP contribution in [-0.4, -0.2) is 24.3 Å². The van der Waals surface area contributed by atoms with Crippen LogP contribution in [0.4, 0.5) is 5.69 Å². The molecule has 0 spiro atoms. The van der Waals surface area contributed by atoms with E-state index in [2.05, 4.69) is 20.0 Å². The summed E-state index contributed by atoms with van der Waals surface area (Å²) in [5.41, 5.74) is 2.08. The zero-order valence-corrected chi connectivity index (χ0v) is 17.5. The number of benzene rings is 3. The van der Waals surface area contributed by atoms with E-state index in [-0.39, 0.29) is 33.6 Å². The molecule has 0 saturated heterocycles. The highest BCUT2D eigenvalue weighted by molar-refractivity contribution is 7.93. The first-order chi connectivity index (χ1) is 15.0. The Balaban J connectivity index is 1.63. The fourth-order valence-corrected chi connectivity index (χ4v) is 4.50. The number of amides is 1. The quantitative estimate of drug-likeness (QED) is 0.481. The highest BCUT2D eigenvalue weighted by atomic mass is 32.2. The van der Waals surface area contributed by atoms with Crippen LogP contribution >= 0.6 is 0 Å². The topological polar surface area (TPSA) is 101 Å². The van der Waals surface area contributed by atoms with Crippen molar-refractivity contribution in [3.8, 4) is 0 Å². The molecule has 0 saturated carbocycles. The van der Waals surface area contributed by atoms with Gasteiger partial charge in [-0.15, -0.1) is 0 Å². The summed E-state index contributed by atoms with van der Waals surface area (Å²) in [6.45, 7) is 1.87. The lowest BCUT2D eigenvalue weighted by molar-refractivity contribution is 0.0941. The fraction of sp³-hybridized carbons (Fsp3) is 0.0870. The van der Waals surface area contributed by atoms with Gasteiger partial charge in [0.05, 0.1) is 22.8 Å². The monoisotopic (exact) mass is 432 g/mol. The predicted molar refractivity (Wildman–Crippen MR) is 119 cm³/mol. The number of carbonyl (C=O) groups excluding carboxylic acids is 1. The molecule has 31 heavy (non-hydrogen) atoms. The lowest BCUT2D eigenvalue weighted by Crippen LogP contribution is -2.28. The molecule has 1 aromatic heterocycles. The molecule has 4 aromatic rings. The Hall–Kier alpha value is -3.78. The third kappa shape index (κ3) is 4.39. The molecule has 0 aliphatic rings. The molecular weight excluding hydrogens is 412 g/mol. The number of sulfonamides is 1. The van der Waals surface area contributed by atoms with Crippen molar-refractivity contribution in [2.24, 2.45) is 0 Å². The predicted octanol–water partition coefficient (Wildman–Crippen LogP) is 3.92. The van der Waals surface area contributed by atoms with E-state index in [9.17, 15) is 13.2 Å². The molecule has 0 fully saturated rings. The maximum absolute atomic E-state index is 13.1. The average molecular weight is 433 g/mol. The summed E-state index contributed by atoms with van der Waals surface area (Å²) < 4.78 is 28.8. The zero-order valence-electron chi connectivity index (χ0n) is 16.7. The van der Waals surface area contributed by atoms with Crippen molar-refractivity contribution >= 4 is 32.7 Å². The standard InChI is InChI=1S/C23H20N4O3S/c1-16(17-8-3-2-4-9-17)26-23(28)18-10-5-6-11-19(18)27-31(29,30)21-13-7-12-20-22(21)25-15-14-24-20/h2-16,27H,1H3,(H,26,28). The number of hydrogen-bond donors (Lipinski definition) is 2. The van der Waals surface area contributed by atoms with Crippen LogP contribution in [-0.2, 0) is 10.0 Å². The van der Waals surface area contributed by atoms with Gasteiger partial charge < -0.3 is 5.32 Å². The van der Waals surface area contributed by atoms with E-state index < -0.39 is 10.0 Å². The van der Waals surface area contributed by atoms with Crippen LogP contribution in [0.2, 0.25) is 0 Å². The first-order valence-electron chi connectivity index (χ1n) is 9.63. The van der Waals surface area contributed by atoms with E-state index >= 15 is 0 Å². The number of fused-ring (bicyclic) bond motifs is 1. The second kappa shape index (κ2) is 8.53. The van der Waals surface area contributed by atoms with Crippen LogP contribution in [0.5, 0.6) is 0 Å². The Morgan fingerprint density at radius 2 is 1.58 bits per heavy atom.